The molecule has 2 aliphatic rings. The average molecular weight is 406 g/mol. The summed E-state index contributed by atoms with van der Waals surface area (Å²) in [5.41, 5.74) is 1.54. The number of hydrogen-bond acceptors (Lipinski definition) is 6. The number of phenolic OH excluding ortho intramolecular Hbond substituents is 1. The Bertz CT molecular complexity index is 943. The molecule has 0 bridgehead atoms. The Hall–Kier alpha value is -2.22. The van der Waals surface area contributed by atoms with Crippen LogP contribution in [0.2, 0.25) is 5.02 Å². The van der Waals surface area contributed by atoms with E-state index in [0.717, 1.165) is 5.56 Å². The molecule has 0 unspecified atom stereocenters. The number of fused-ring (bicyclic) bond motifs is 1. The summed E-state index contributed by atoms with van der Waals surface area (Å²) in [4.78, 5) is 14.8. The maximum atomic E-state index is 12.7. The molecule has 0 aliphatic carbocycles. The molecule has 132 valence electrons. The first-order valence-electron chi connectivity index (χ1n) is 7.64. The van der Waals surface area contributed by atoms with Gasteiger partial charge in [0.15, 0.2) is 11.5 Å². The van der Waals surface area contributed by atoms with Crippen molar-refractivity contribution in [1.82, 2.24) is 4.90 Å². The first-order valence-corrected chi connectivity index (χ1v) is 9.24. The topological polar surface area (TPSA) is 59.0 Å². The van der Waals surface area contributed by atoms with Crippen LogP contribution in [0.3, 0.4) is 0 Å². The Morgan fingerprint density at radius 1 is 1.23 bits per heavy atom. The Kier molecular flexibility index (Phi) is 4.52. The molecule has 5 nitrogen and oxygen atoms in total. The number of hydrogen-bond donors (Lipinski definition) is 1. The zero-order valence-corrected chi connectivity index (χ0v) is 15.7. The summed E-state index contributed by atoms with van der Waals surface area (Å²) in [6, 6.07) is 10.1. The van der Waals surface area contributed by atoms with Crippen LogP contribution in [0, 0.1) is 0 Å². The standard InChI is InChI=1S/C18H12ClNO4S2/c19-13-7-15-14(23-9-24-15)5-11(13)6-16-17(22)20(18(25)26-16)8-10-1-3-12(21)4-2-10/h1-7,21H,8-9H2. The van der Waals surface area contributed by atoms with E-state index < -0.39 is 0 Å². The van der Waals surface area contributed by atoms with Crippen molar-refractivity contribution in [3.63, 3.8) is 0 Å². The third kappa shape index (κ3) is 3.25. The van der Waals surface area contributed by atoms with Crippen molar-refractivity contribution < 1.29 is 19.4 Å². The molecule has 4 rings (SSSR count). The number of carbonyl (C=O) groups is 1. The van der Waals surface area contributed by atoms with Crippen molar-refractivity contribution in [3.8, 4) is 17.2 Å². The largest absolute Gasteiger partial charge is 0.508 e. The molecule has 2 aliphatic heterocycles. The molecule has 26 heavy (non-hydrogen) atoms. The van der Waals surface area contributed by atoms with E-state index in [-0.39, 0.29) is 18.4 Å². The number of thioether (sulfide) groups is 1. The van der Waals surface area contributed by atoms with Gasteiger partial charge >= 0.3 is 0 Å². The monoisotopic (exact) mass is 405 g/mol. The first-order chi connectivity index (χ1) is 12.5. The molecule has 0 spiro atoms. The lowest BCUT2D eigenvalue weighted by Gasteiger charge is -2.14. The number of benzene rings is 2. The smallest absolute Gasteiger partial charge is 0.266 e. The summed E-state index contributed by atoms with van der Waals surface area (Å²) >= 11 is 12.9. The van der Waals surface area contributed by atoms with Crippen molar-refractivity contribution >= 4 is 51.9 Å². The van der Waals surface area contributed by atoms with Crippen molar-refractivity contribution in [2.45, 2.75) is 6.54 Å². The minimum atomic E-state index is -0.179. The van der Waals surface area contributed by atoms with Gasteiger partial charge in [-0.1, -0.05) is 47.7 Å². The summed E-state index contributed by atoms with van der Waals surface area (Å²) in [5.74, 6) is 1.19. The summed E-state index contributed by atoms with van der Waals surface area (Å²) in [6.45, 7) is 0.501. The summed E-state index contributed by atoms with van der Waals surface area (Å²) in [5, 5.41) is 9.84. The fourth-order valence-electron chi connectivity index (χ4n) is 2.60. The Morgan fingerprint density at radius 3 is 2.65 bits per heavy atom. The molecule has 2 aromatic rings. The van der Waals surface area contributed by atoms with Gasteiger partial charge in [-0.25, -0.2) is 0 Å². The highest BCUT2D eigenvalue weighted by Crippen LogP contribution is 2.40. The minimum Gasteiger partial charge on any atom is -0.508 e. The SMILES string of the molecule is O=C1C(=Cc2cc3c(cc2Cl)OCO3)SC(=S)N1Cc1ccc(O)cc1. The second kappa shape index (κ2) is 6.83. The Labute approximate surface area is 164 Å². The van der Waals surface area contributed by atoms with Gasteiger partial charge in [-0.05, 0) is 35.4 Å². The van der Waals surface area contributed by atoms with E-state index in [2.05, 4.69) is 0 Å². The lowest BCUT2D eigenvalue weighted by molar-refractivity contribution is -0.122. The van der Waals surface area contributed by atoms with Crippen molar-refractivity contribution in [1.29, 1.82) is 0 Å². The molecule has 0 saturated carbocycles. The van der Waals surface area contributed by atoms with E-state index in [4.69, 9.17) is 33.3 Å². The van der Waals surface area contributed by atoms with Crippen molar-refractivity contribution in [2.24, 2.45) is 0 Å². The van der Waals surface area contributed by atoms with Crippen LogP contribution in [-0.4, -0.2) is 27.0 Å². The predicted molar refractivity (Wildman–Crippen MR) is 104 cm³/mol. The lowest BCUT2D eigenvalue weighted by Crippen LogP contribution is -2.27. The fourth-order valence-corrected chi connectivity index (χ4v) is 4.06. The minimum absolute atomic E-state index is 0.157. The molecular weight excluding hydrogens is 394 g/mol. The van der Waals surface area contributed by atoms with Gasteiger partial charge in [0.05, 0.1) is 16.5 Å². The molecule has 0 atom stereocenters. The lowest BCUT2D eigenvalue weighted by atomic mass is 10.1. The maximum Gasteiger partial charge on any atom is 0.266 e. The number of amides is 1. The number of phenols is 1. The number of carbonyl (C=O) groups excluding carboxylic acids is 1. The highest BCUT2D eigenvalue weighted by Gasteiger charge is 2.32. The maximum absolute atomic E-state index is 12.7. The third-order valence-electron chi connectivity index (χ3n) is 3.93. The van der Waals surface area contributed by atoms with Crippen LogP contribution >= 0.6 is 35.6 Å². The molecule has 1 saturated heterocycles. The molecule has 1 N–H and O–H groups in total. The van der Waals surface area contributed by atoms with Crippen LogP contribution in [0.5, 0.6) is 17.2 Å². The number of nitrogens with zero attached hydrogens (tertiary/aromatic N) is 1. The highest BCUT2D eigenvalue weighted by atomic mass is 35.5. The molecule has 2 heterocycles. The van der Waals surface area contributed by atoms with Gasteiger partial charge in [-0.2, -0.15) is 0 Å². The molecule has 1 amide bonds. The Balaban J connectivity index is 1.59. The van der Waals surface area contributed by atoms with Crippen molar-refractivity contribution in [3.05, 3.63) is 57.5 Å². The van der Waals surface area contributed by atoms with Crippen LogP contribution in [0.15, 0.2) is 41.3 Å². The number of halogens is 1. The molecular formula is C18H12ClNO4S2. The summed E-state index contributed by atoms with van der Waals surface area (Å²) < 4.78 is 11.1. The predicted octanol–water partition coefficient (Wildman–Crippen LogP) is 4.18. The van der Waals surface area contributed by atoms with Crippen molar-refractivity contribution in [2.75, 3.05) is 6.79 Å². The zero-order chi connectivity index (χ0) is 18.3. The van der Waals surface area contributed by atoms with Crippen LogP contribution in [-0.2, 0) is 11.3 Å². The van der Waals surface area contributed by atoms with E-state index in [1.54, 1.807) is 42.5 Å². The van der Waals surface area contributed by atoms with E-state index in [1.165, 1.54) is 16.7 Å². The van der Waals surface area contributed by atoms with E-state index in [0.29, 0.717) is 37.9 Å². The normalized spacial score (nSPS) is 17.4. The molecule has 0 radical (unpaired) electrons. The van der Waals surface area contributed by atoms with E-state index >= 15 is 0 Å². The van der Waals surface area contributed by atoms with Gasteiger partial charge in [0, 0.05) is 6.07 Å². The van der Waals surface area contributed by atoms with Crippen LogP contribution in [0.1, 0.15) is 11.1 Å². The fraction of sp³-hybridized carbons (Fsp3) is 0.111. The number of thiocarbonyl (C=S) groups is 1. The van der Waals surface area contributed by atoms with E-state index in [9.17, 15) is 9.90 Å². The molecule has 8 heteroatoms. The van der Waals surface area contributed by atoms with Gasteiger partial charge in [-0.3, -0.25) is 9.69 Å². The first kappa shape index (κ1) is 17.2. The summed E-state index contributed by atoms with van der Waals surface area (Å²) in [6.07, 6.45) is 1.71. The van der Waals surface area contributed by atoms with E-state index in [1.807, 2.05) is 0 Å². The van der Waals surface area contributed by atoms with Gasteiger partial charge in [0.25, 0.3) is 5.91 Å². The second-order valence-corrected chi connectivity index (χ2v) is 7.74. The molecule has 1 fully saturated rings. The number of aromatic hydroxyl groups is 1. The number of rotatable bonds is 3. The molecule has 2 aromatic carbocycles. The van der Waals surface area contributed by atoms with Gasteiger partial charge in [0.1, 0.15) is 10.1 Å². The Morgan fingerprint density at radius 2 is 1.92 bits per heavy atom. The van der Waals surface area contributed by atoms with Gasteiger partial charge in [0.2, 0.25) is 6.79 Å². The second-order valence-electron chi connectivity index (χ2n) is 5.66. The van der Waals surface area contributed by atoms with Gasteiger partial charge < -0.3 is 14.6 Å². The van der Waals surface area contributed by atoms with Gasteiger partial charge in [-0.15, -0.1) is 0 Å². The molecule has 0 aromatic heterocycles. The zero-order valence-electron chi connectivity index (χ0n) is 13.3. The van der Waals surface area contributed by atoms with Crippen LogP contribution in [0.25, 0.3) is 6.08 Å². The third-order valence-corrected chi connectivity index (χ3v) is 5.63. The summed E-state index contributed by atoms with van der Waals surface area (Å²) in [7, 11) is 0. The van der Waals surface area contributed by atoms with Crippen LogP contribution in [0.4, 0.5) is 0 Å². The highest BCUT2D eigenvalue weighted by molar-refractivity contribution is 8.26. The average Bonchev–Trinajstić information content (AvgIpc) is 3.16. The number of ether oxygens (including phenoxy) is 2. The quantitative estimate of drug-likeness (QED) is 0.610. The van der Waals surface area contributed by atoms with Crippen LogP contribution < -0.4 is 9.47 Å².